The number of hydrogen-bond acceptors (Lipinski definition) is 2. The molecular weight excluding hydrogens is 248 g/mol. The zero-order valence-electron chi connectivity index (χ0n) is 10.7. The quantitative estimate of drug-likeness (QED) is 0.455. The number of phenolic OH excluding ortho intramolecular Hbond substituents is 2. The van der Waals surface area contributed by atoms with Crippen molar-refractivity contribution in [2.24, 2.45) is 0 Å². The average Bonchev–Trinajstić information content (AvgIpc) is 2.44. The Morgan fingerprint density at radius 3 is 2.15 bits per heavy atom. The third-order valence-electron chi connectivity index (χ3n) is 3.75. The Labute approximate surface area is 115 Å². The first-order valence-corrected chi connectivity index (χ1v) is 6.49. The van der Waals surface area contributed by atoms with Crippen molar-refractivity contribution >= 4 is 32.3 Å². The third-order valence-corrected chi connectivity index (χ3v) is 3.75. The van der Waals surface area contributed by atoms with Crippen LogP contribution in [0.25, 0.3) is 32.3 Å². The lowest BCUT2D eigenvalue weighted by Gasteiger charge is -2.06. The van der Waals surface area contributed by atoms with E-state index in [1.165, 1.54) is 0 Å². The first kappa shape index (κ1) is 11.1. The van der Waals surface area contributed by atoms with Crippen LogP contribution >= 0.6 is 0 Å². The molecule has 4 aromatic carbocycles. The van der Waals surface area contributed by atoms with Crippen LogP contribution in [0.15, 0.2) is 60.7 Å². The van der Waals surface area contributed by atoms with Crippen molar-refractivity contribution in [3.05, 3.63) is 60.7 Å². The fourth-order valence-electron chi connectivity index (χ4n) is 2.75. The summed E-state index contributed by atoms with van der Waals surface area (Å²) in [4.78, 5) is 0. The summed E-state index contributed by atoms with van der Waals surface area (Å²) in [6, 6.07) is 19.1. The van der Waals surface area contributed by atoms with E-state index in [4.69, 9.17) is 0 Å². The van der Waals surface area contributed by atoms with Gasteiger partial charge >= 0.3 is 0 Å². The molecule has 0 saturated heterocycles. The van der Waals surface area contributed by atoms with Gasteiger partial charge in [0.1, 0.15) is 11.5 Å². The standard InChI is InChI=1S/C18H12O2/c19-16-5-4-11-6-15-10-17-12(2-1-3-18(17)20)7-13(15)8-14(11)9-16/h1-10,19-20H. The topological polar surface area (TPSA) is 40.5 Å². The molecule has 4 rings (SSSR count). The van der Waals surface area contributed by atoms with Crippen LogP contribution in [-0.4, -0.2) is 10.2 Å². The van der Waals surface area contributed by atoms with E-state index in [1.54, 1.807) is 18.2 Å². The molecule has 0 bridgehead atoms. The van der Waals surface area contributed by atoms with Crippen LogP contribution in [0.4, 0.5) is 0 Å². The van der Waals surface area contributed by atoms with Gasteiger partial charge in [-0.05, 0) is 69.4 Å². The van der Waals surface area contributed by atoms with E-state index < -0.39 is 0 Å². The smallest absolute Gasteiger partial charge is 0.123 e. The van der Waals surface area contributed by atoms with Gasteiger partial charge in [-0.1, -0.05) is 18.2 Å². The van der Waals surface area contributed by atoms with Crippen molar-refractivity contribution in [2.45, 2.75) is 0 Å². The second-order valence-electron chi connectivity index (χ2n) is 5.08. The molecule has 0 aromatic heterocycles. The number of benzene rings is 4. The number of rotatable bonds is 0. The van der Waals surface area contributed by atoms with Crippen LogP contribution in [-0.2, 0) is 0 Å². The zero-order valence-corrected chi connectivity index (χ0v) is 10.7. The Kier molecular flexibility index (Phi) is 2.15. The summed E-state index contributed by atoms with van der Waals surface area (Å²) in [7, 11) is 0. The van der Waals surface area contributed by atoms with Gasteiger partial charge in [-0.3, -0.25) is 0 Å². The van der Waals surface area contributed by atoms with E-state index in [1.807, 2.05) is 24.3 Å². The molecule has 0 heterocycles. The molecule has 0 aliphatic carbocycles. The Morgan fingerprint density at radius 2 is 1.25 bits per heavy atom. The Bertz CT molecular complexity index is 960. The minimum Gasteiger partial charge on any atom is -0.508 e. The predicted octanol–water partition coefficient (Wildman–Crippen LogP) is 4.56. The molecule has 0 atom stereocenters. The highest BCUT2D eigenvalue weighted by Crippen LogP contribution is 2.32. The maximum Gasteiger partial charge on any atom is 0.123 e. The molecule has 2 heteroatoms. The van der Waals surface area contributed by atoms with Gasteiger partial charge in [0.2, 0.25) is 0 Å². The first-order valence-electron chi connectivity index (χ1n) is 6.49. The lowest BCUT2D eigenvalue weighted by molar-refractivity contribution is 0.476. The summed E-state index contributed by atoms with van der Waals surface area (Å²) < 4.78 is 0. The molecule has 4 aromatic rings. The van der Waals surface area contributed by atoms with E-state index in [2.05, 4.69) is 18.2 Å². The van der Waals surface area contributed by atoms with Crippen molar-refractivity contribution in [3.63, 3.8) is 0 Å². The van der Waals surface area contributed by atoms with Gasteiger partial charge in [0.05, 0.1) is 0 Å². The van der Waals surface area contributed by atoms with Gasteiger partial charge in [0, 0.05) is 5.39 Å². The summed E-state index contributed by atoms with van der Waals surface area (Å²) in [5, 5.41) is 25.7. The fourth-order valence-corrected chi connectivity index (χ4v) is 2.75. The normalized spacial score (nSPS) is 11.4. The SMILES string of the molecule is Oc1ccc2cc3cc4c(O)cccc4cc3cc2c1. The molecule has 2 N–H and O–H groups in total. The molecule has 0 saturated carbocycles. The van der Waals surface area contributed by atoms with Gasteiger partial charge in [0.25, 0.3) is 0 Å². The lowest BCUT2D eigenvalue weighted by atomic mass is 9.99. The molecule has 0 fully saturated rings. The molecule has 0 unspecified atom stereocenters. The fraction of sp³-hybridized carbons (Fsp3) is 0. The second-order valence-corrected chi connectivity index (χ2v) is 5.08. The predicted molar refractivity (Wildman–Crippen MR) is 82.3 cm³/mol. The minimum atomic E-state index is 0.273. The Morgan fingerprint density at radius 1 is 0.550 bits per heavy atom. The van der Waals surface area contributed by atoms with Crippen LogP contribution in [0.5, 0.6) is 11.5 Å². The van der Waals surface area contributed by atoms with Gasteiger partial charge in [0.15, 0.2) is 0 Å². The van der Waals surface area contributed by atoms with Crippen LogP contribution in [0.1, 0.15) is 0 Å². The monoisotopic (exact) mass is 260 g/mol. The van der Waals surface area contributed by atoms with E-state index >= 15 is 0 Å². The molecule has 0 aliphatic rings. The van der Waals surface area contributed by atoms with E-state index in [9.17, 15) is 10.2 Å². The van der Waals surface area contributed by atoms with Gasteiger partial charge in [-0.25, -0.2) is 0 Å². The maximum absolute atomic E-state index is 9.95. The molecule has 0 aliphatic heterocycles. The molecule has 20 heavy (non-hydrogen) atoms. The average molecular weight is 260 g/mol. The van der Waals surface area contributed by atoms with E-state index in [0.717, 1.165) is 32.3 Å². The number of phenols is 2. The second kappa shape index (κ2) is 3.87. The number of aromatic hydroxyl groups is 2. The van der Waals surface area contributed by atoms with Gasteiger partial charge in [-0.2, -0.15) is 0 Å². The summed E-state index contributed by atoms with van der Waals surface area (Å²) in [5.74, 6) is 0.575. The summed E-state index contributed by atoms with van der Waals surface area (Å²) in [5.41, 5.74) is 0. The van der Waals surface area contributed by atoms with Gasteiger partial charge in [-0.15, -0.1) is 0 Å². The van der Waals surface area contributed by atoms with Crippen molar-refractivity contribution in [2.75, 3.05) is 0 Å². The maximum atomic E-state index is 9.95. The molecule has 0 spiro atoms. The summed E-state index contributed by atoms with van der Waals surface area (Å²) >= 11 is 0. The summed E-state index contributed by atoms with van der Waals surface area (Å²) in [6.45, 7) is 0. The van der Waals surface area contributed by atoms with E-state index in [0.29, 0.717) is 5.75 Å². The van der Waals surface area contributed by atoms with Crippen molar-refractivity contribution in [1.82, 2.24) is 0 Å². The summed E-state index contributed by atoms with van der Waals surface area (Å²) in [6.07, 6.45) is 0. The van der Waals surface area contributed by atoms with Crippen molar-refractivity contribution in [1.29, 1.82) is 0 Å². The minimum absolute atomic E-state index is 0.273. The van der Waals surface area contributed by atoms with Crippen molar-refractivity contribution in [3.8, 4) is 11.5 Å². The third kappa shape index (κ3) is 1.58. The highest BCUT2D eigenvalue weighted by atomic mass is 16.3. The highest BCUT2D eigenvalue weighted by Gasteiger charge is 2.04. The largest absolute Gasteiger partial charge is 0.508 e. The molecule has 0 radical (unpaired) electrons. The number of hydrogen-bond donors (Lipinski definition) is 2. The van der Waals surface area contributed by atoms with Gasteiger partial charge < -0.3 is 10.2 Å². The van der Waals surface area contributed by atoms with Crippen LogP contribution in [0.3, 0.4) is 0 Å². The van der Waals surface area contributed by atoms with E-state index in [-0.39, 0.29) is 5.75 Å². The first-order chi connectivity index (χ1) is 9.70. The molecule has 2 nitrogen and oxygen atoms in total. The molecule has 0 amide bonds. The van der Waals surface area contributed by atoms with Crippen molar-refractivity contribution < 1.29 is 10.2 Å². The highest BCUT2D eigenvalue weighted by molar-refractivity contribution is 6.06. The molecular formula is C18H12O2. The number of fused-ring (bicyclic) bond motifs is 3. The zero-order chi connectivity index (χ0) is 13.7. The van der Waals surface area contributed by atoms with Crippen LogP contribution in [0.2, 0.25) is 0 Å². The Hall–Kier alpha value is -2.74. The molecule has 96 valence electrons. The van der Waals surface area contributed by atoms with Crippen LogP contribution < -0.4 is 0 Å². The van der Waals surface area contributed by atoms with Crippen LogP contribution in [0, 0.1) is 0 Å². The Balaban J connectivity index is 2.16. The lowest BCUT2D eigenvalue weighted by Crippen LogP contribution is -1.79.